The molecular weight excluding hydrogens is 318 g/mol. The minimum Gasteiger partial charge on any atom is -0.465 e. The van der Waals surface area contributed by atoms with Gasteiger partial charge in [0.25, 0.3) is 0 Å². The Kier molecular flexibility index (Phi) is 5.81. The van der Waals surface area contributed by atoms with Gasteiger partial charge in [-0.1, -0.05) is 42.5 Å². The first kappa shape index (κ1) is 17.6. The lowest BCUT2D eigenvalue weighted by Crippen LogP contribution is -2.46. The second kappa shape index (κ2) is 8.25. The highest BCUT2D eigenvalue weighted by Crippen LogP contribution is 2.30. The average molecular weight is 341 g/mol. The Morgan fingerprint density at radius 2 is 1.92 bits per heavy atom. The fraction of sp³-hybridized carbons (Fsp3) is 0.350. The van der Waals surface area contributed by atoms with Crippen molar-refractivity contribution in [1.29, 1.82) is 0 Å². The Morgan fingerprint density at radius 3 is 2.56 bits per heavy atom. The third-order valence-electron chi connectivity index (χ3n) is 4.54. The second-order valence-corrected chi connectivity index (χ2v) is 6.11. The zero-order valence-electron chi connectivity index (χ0n) is 14.3. The molecule has 0 saturated carbocycles. The summed E-state index contributed by atoms with van der Waals surface area (Å²) in [6.07, 6.45) is -0.245. The molecule has 2 aromatic carbocycles. The average Bonchev–Trinajstić information content (AvgIpc) is 2.68. The number of rotatable bonds is 5. The van der Waals surface area contributed by atoms with Crippen LogP contribution >= 0.6 is 0 Å². The number of nitrogens with zero attached hydrogens (tertiary/aromatic N) is 1. The van der Waals surface area contributed by atoms with E-state index in [4.69, 9.17) is 9.47 Å². The van der Waals surface area contributed by atoms with Crippen LogP contribution in [0.25, 0.3) is 0 Å². The number of carbonyl (C=O) groups excluding carboxylic acids is 1. The number of esters is 1. The molecule has 0 amide bonds. The smallest absolute Gasteiger partial charge is 0.337 e. The topological polar surface area (TPSA) is 59.0 Å². The minimum absolute atomic E-state index is 0.000216. The number of hydrogen-bond acceptors (Lipinski definition) is 5. The number of aliphatic hydroxyl groups excluding tert-OH is 1. The summed E-state index contributed by atoms with van der Waals surface area (Å²) in [5.41, 5.74) is 2.78. The van der Waals surface area contributed by atoms with Gasteiger partial charge in [-0.3, -0.25) is 4.90 Å². The fourth-order valence-electron chi connectivity index (χ4n) is 3.29. The number of benzene rings is 2. The Labute approximate surface area is 147 Å². The summed E-state index contributed by atoms with van der Waals surface area (Å²) >= 11 is 0. The molecule has 5 nitrogen and oxygen atoms in total. The summed E-state index contributed by atoms with van der Waals surface area (Å²) < 4.78 is 10.5. The summed E-state index contributed by atoms with van der Waals surface area (Å²) in [6.45, 7) is 2.09. The normalized spacial score (nSPS) is 21.0. The molecule has 0 bridgehead atoms. The first-order valence-electron chi connectivity index (χ1n) is 8.41. The van der Waals surface area contributed by atoms with Gasteiger partial charge in [0.15, 0.2) is 0 Å². The number of aliphatic hydroxyl groups is 1. The van der Waals surface area contributed by atoms with Crippen molar-refractivity contribution in [2.24, 2.45) is 0 Å². The summed E-state index contributed by atoms with van der Waals surface area (Å²) in [5.74, 6) is -0.333. The van der Waals surface area contributed by atoms with Gasteiger partial charge < -0.3 is 14.6 Å². The molecule has 3 rings (SSSR count). The van der Waals surface area contributed by atoms with Gasteiger partial charge in [0, 0.05) is 13.1 Å². The van der Waals surface area contributed by atoms with Crippen molar-refractivity contribution in [3.8, 4) is 0 Å². The zero-order valence-corrected chi connectivity index (χ0v) is 14.3. The van der Waals surface area contributed by atoms with E-state index in [0.29, 0.717) is 12.2 Å². The van der Waals surface area contributed by atoms with Crippen LogP contribution in [-0.4, -0.2) is 48.9 Å². The number of methoxy groups -OCH3 is 1. The minimum atomic E-state index is -0.333. The van der Waals surface area contributed by atoms with Gasteiger partial charge in [-0.15, -0.1) is 0 Å². The van der Waals surface area contributed by atoms with Gasteiger partial charge in [0.2, 0.25) is 0 Å². The van der Waals surface area contributed by atoms with Crippen LogP contribution in [0.4, 0.5) is 0 Å². The second-order valence-electron chi connectivity index (χ2n) is 6.11. The van der Waals surface area contributed by atoms with Crippen LogP contribution in [-0.2, 0) is 16.0 Å². The molecule has 1 heterocycles. The number of morpholine rings is 1. The quantitative estimate of drug-likeness (QED) is 0.847. The molecule has 1 aliphatic rings. The molecule has 1 aliphatic heterocycles. The molecule has 0 spiro atoms. The van der Waals surface area contributed by atoms with E-state index in [1.54, 1.807) is 12.1 Å². The Morgan fingerprint density at radius 1 is 1.20 bits per heavy atom. The van der Waals surface area contributed by atoms with E-state index < -0.39 is 0 Å². The predicted molar refractivity (Wildman–Crippen MR) is 94.2 cm³/mol. The van der Waals surface area contributed by atoms with Crippen LogP contribution in [0.1, 0.15) is 27.5 Å². The van der Waals surface area contributed by atoms with E-state index in [2.05, 4.69) is 17.0 Å². The highest BCUT2D eigenvalue weighted by atomic mass is 16.5. The van der Waals surface area contributed by atoms with E-state index in [9.17, 15) is 9.90 Å². The maximum atomic E-state index is 11.6. The molecule has 0 aliphatic carbocycles. The lowest BCUT2D eigenvalue weighted by molar-refractivity contribution is -0.0960. The first-order valence-corrected chi connectivity index (χ1v) is 8.41. The predicted octanol–water partition coefficient (Wildman–Crippen LogP) is 2.41. The van der Waals surface area contributed by atoms with Crippen molar-refractivity contribution in [1.82, 2.24) is 4.90 Å². The van der Waals surface area contributed by atoms with Crippen LogP contribution in [0.5, 0.6) is 0 Å². The third kappa shape index (κ3) is 4.07. The summed E-state index contributed by atoms with van der Waals surface area (Å²) in [4.78, 5) is 13.9. The molecule has 0 unspecified atom stereocenters. The van der Waals surface area contributed by atoms with Crippen LogP contribution in [0.2, 0.25) is 0 Å². The molecule has 0 aromatic heterocycles. The highest BCUT2D eigenvalue weighted by Gasteiger charge is 2.33. The van der Waals surface area contributed by atoms with Crippen molar-refractivity contribution in [3.63, 3.8) is 0 Å². The van der Waals surface area contributed by atoms with Gasteiger partial charge in [-0.25, -0.2) is 4.79 Å². The third-order valence-corrected chi connectivity index (χ3v) is 4.54. The molecule has 132 valence electrons. The van der Waals surface area contributed by atoms with E-state index in [-0.39, 0.29) is 24.7 Å². The lowest BCUT2D eigenvalue weighted by atomic mass is 9.97. The summed E-state index contributed by atoms with van der Waals surface area (Å²) in [7, 11) is 1.38. The maximum absolute atomic E-state index is 11.6. The molecule has 0 radical (unpaired) electrons. The van der Waals surface area contributed by atoms with Gasteiger partial charge >= 0.3 is 5.97 Å². The zero-order chi connectivity index (χ0) is 17.6. The van der Waals surface area contributed by atoms with Gasteiger partial charge in [0.1, 0.15) is 6.10 Å². The van der Waals surface area contributed by atoms with E-state index in [1.807, 2.05) is 30.3 Å². The van der Waals surface area contributed by atoms with Gasteiger partial charge in [0.05, 0.1) is 31.9 Å². The van der Waals surface area contributed by atoms with Gasteiger partial charge in [-0.05, 0) is 23.3 Å². The van der Waals surface area contributed by atoms with Crippen molar-refractivity contribution >= 4 is 5.97 Å². The van der Waals surface area contributed by atoms with Crippen molar-refractivity contribution in [3.05, 3.63) is 71.3 Å². The SMILES string of the molecule is COC(=O)c1ccc(CN2CCO[C@@H](CO)[C@@H]2c2ccccc2)cc1. The molecule has 2 atom stereocenters. The highest BCUT2D eigenvalue weighted by molar-refractivity contribution is 5.89. The monoisotopic (exact) mass is 341 g/mol. The van der Waals surface area contributed by atoms with Crippen LogP contribution in [0, 0.1) is 0 Å². The fourth-order valence-corrected chi connectivity index (χ4v) is 3.29. The van der Waals surface area contributed by atoms with Gasteiger partial charge in [-0.2, -0.15) is 0 Å². The standard InChI is InChI=1S/C20H23NO4/c1-24-20(23)17-9-7-15(8-10-17)13-21-11-12-25-18(14-22)19(21)16-5-3-2-4-6-16/h2-10,18-19,22H,11-14H2,1H3/t18-,19-/m0/s1. The first-order chi connectivity index (χ1) is 12.2. The molecule has 25 heavy (non-hydrogen) atoms. The molecule has 1 fully saturated rings. The van der Waals surface area contributed by atoms with Crippen molar-refractivity contribution < 1.29 is 19.4 Å². The Hall–Kier alpha value is -2.21. The molecule has 1 N–H and O–H groups in total. The van der Waals surface area contributed by atoms with Crippen LogP contribution in [0.3, 0.4) is 0 Å². The van der Waals surface area contributed by atoms with Crippen LogP contribution < -0.4 is 0 Å². The molecular formula is C20H23NO4. The molecule has 1 saturated heterocycles. The Bertz CT molecular complexity index is 687. The lowest BCUT2D eigenvalue weighted by Gasteiger charge is -2.41. The maximum Gasteiger partial charge on any atom is 0.337 e. The summed E-state index contributed by atoms with van der Waals surface area (Å²) in [6, 6.07) is 17.6. The number of hydrogen-bond donors (Lipinski definition) is 1. The van der Waals surface area contributed by atoms with Crippen LogP contribution in [0.15, 0.2) is 54.6 Å². The largest absolute Gasteiger partial charge is 0.465 e. The number of ether oxygens (including phenoxy) is 2. The number of carbonyl (C=O) groups is 1. The van der Waals surface area contributed by atoms with E-state index >= 15 is 0 Å². The van der Waals surface area contributed by atoms with E-state index in [0.717, 1.165) is 24.2 Å². The Balaban J connectivity index is 1.80. The summed E-state index contributed by atoms with van der Waals surface area (Å²) in [5, 5.41) is 9.73. The molecule has 5 heteroatoms. The van der Waals surface area contributed by atoms with Crippen molar-refractivity contribution in [2.75, 3.05) is 26.9 Å². The molecule has 2 aromatic rings. The van der Waals surface area contributed by atoms with Crippen molar-refractivity contribution in [2.45, 2.75) is 18.7 Å². The van der Waals surface area contributed by atoms with E-state index in [1.165, 1.54) is 7.11 Å².